The van der Waals surface area contributed by atoms with Crippen LogP contribution in [0, 0.1) is 0 Å². The molecule has 0 N–H and O–H groups in total. The highest BCUT2D eigenvalue weighted by Gasteiger charge is 2.07. The summed E-state index contributed by atoms with van der Waals surface area (Å²) in [6.45, 7) is 6.52. The van der Waals surface area contributed by atoms with Crippen LogP contribution >= 0.6 is 15.9 Å². The first kappa shape index (κ1) is 12.6. The summed E-state index contributed by atoms with van der Waals surface area (Å²) in [6.07, 6.45) is 5.07. The maximum atomic E-state index is 4.30. The molecule has 0 fully saturated rings. The smallest absolute Gasteiger partial charge is 0.115 e. The van der Waals surface area contributed by atoms with Crippen molar-refractivity contribution in [2.75, 3.05) is 0 Å². The molecule has 0 spiro atoms. The van der Waals surface area contributed by atoms with Gasteiger partial charge in [-0.3, -0.25) is 0 Å². The van der Waals surface area contributed by atoms with Crippen LogP contribution in [0.25, 0.3) is 0 Å². The van der Waals surface area contributed by atoms with Gasteiger partial charge in [0, 0.05) is 22.6 Å². The van der Waals surface area contributed by atoms with E-state index < -0.39 is 0 Å². The standard InChI is InChI=1S/C12H19BrN2/c1-4-5-10(13)6-11-7-12(9(2)3)15-8-14-11/h7-10H,4-6H2,1-3H3. The Morgan fingerprint density at radius 3 is 2.67 bits per heavy atom. The van der Waals surface area contributed by atoms with Gasteiger partial charge in [0.05, 0.1) is 0 Å². The van der Waals surface area contributed by atoms with E-state index in [1.54, 1.807) is 6.33 Å². The Hall–Kier alpha value is -0.440. The van der Waals surface area contributed by atoms with E-state index in [0.717, 1.165) is 17.8 Å². The van der Waals surface area contributed by atoms with E-state index in [9.17, 15) is 0 Å². The SMILES string of the molecule is CCCC(Br)Cc1cc(C(C)C)ncn1. The van der Waals surface area contributed by atoms with E-state index >= 15 is 0 Å². The fourth-order valence-electron chi connectivity index (χ4n) is 1.48. The monoisotopic (exact) mass is 270 g/mol. The van der Waals surface area contributed by atoms with Gasteiger partial charge >= 0.3 is 0 Å². The van der Waals surface area contributed by atoms with Crippen LogP contribution in [0.1, 0.15) is 50.9 Å². The van der Waals surface area contributed by atoms with Gasteiger partial charge < -0.3 is 0 Å². The fraction of sp³-hybridized carbons (Fsp3) is 0.667. The minimum Gasteiger partial charge on any atom is -0.241 e. The van der Waals surface area contributed by atoms with Gasteiger partial charge in [0.25, 0.3) is 0 Å². The molecule has 84 valence electrons. The number of halogens is 1. The number of rotatable bonds is 5. The summed E-state index contributed by atoms with van der Waals surface area (Å²) in [5.74, 6) is 0.478. The lowest BCUT2D eigenvalue weighted by Gasteiger charge is -2.09. The molecule has 3 heteroatoms. The van der Waals surface area contributed by atoms with E-state index in [1.165, 1.54) is 12.8 Å². The molecular formula is C12H19BrN2. The normalized spacial score (nSPS) is 13.1. The number of hydrogen-bond acceptors (Lipinski definition) is 2. The zero-order valence-electron chi connectivity index (χ0n) is 9.70. The molecular weight excluding hydrogens is 252 g/mol. The first-order valence-corrected chi connectivity index (χ1v) is 6.50. The van der Waals surface area contributed by atoms with Crippen LogP contribution in [-0.4, -0.2) is 14.8 Å². The van der Waals surface area contributed by atoms with Crippen LogP contribution in [0.15, 0.2) is 12.4 Å². The molecule has 1 unspecified atom stereocenters. The topological polar surface area (TPSA) is 25.8 Å². The molecule has 0 saturated heterocycles. The molecule has 0 amide bonds. The predicted octanol–water partition coefficient (Wildman–Crippen LogP) is 3.71. The molecule has 0 aliphatic rings. The zero-order chi connectivity index (χ0) is 11.3. The molecule has 1 atom stereocenters. The molecule has 1 aromatic rings. The highest BCUT2D eigenvalue weighted by Crippen LogP contribution is 2.16. The lowest BCUT2D eigenvalue weighted by molar-refractivity contribution is 0.724. The molecule has 0 aliphatic carbocycles. The van der Waals surface area contributed by atoms with Crippen molar-refractivity contribution >= 4 is 15.9 Å². The Morgan fingerprint density at radius 2 is 2.07 bits per heavy atom. The van der Waals surface area contributed by atoms with Crippen molar-refractivity contribution in [2.45, 2.75) is 50.8 Å². The summed E-state index contributed by atoms with van der Waals surface area (Å²) < 4.78 is 0. The molecule has 0 saturated carbocycles. The summed E-state index contributed by atoms with van der Waals surface area (Å²) in [6, 6.07) is 2.12. The Kier molecular flexibility index (Phi) is 5.23. The second-order valence-electron chi connectivity index (χ2n) is 4.18. The van der Waals surface area contributed by atoms with Crippen molar-refractivity contribution in [3.8, 4) is 0 Å². The maximum absolute atomic E-state index is 4.30. The average Bonchev–Trinajstić information content (AvgIpc) is 2.18. The number of alkyl halides is 1. The molecule has 0 aromatic carbocycles. The van der Waals surface area contributed by atoms with E-state index in [4.69, 9.17) is 0 Å². The molecule has 1 rings (SSSR count). The zero-order valence-corrected chi connectivity index (χ0v) is 11.3. The molecule has 1 heterocycles. The second-order valence-corrected chi connectivity index (χ2v) is 5.47. The van der Waals surface area contributed by atoms with Crippen molar-refractivity contribution < 1.29 is 0 Å². The van der Waals surface area contributed by atoms with Crippen LogP contribution in [0.2, 0.25) is 0 Å². The third kappa shape index (κ3) is 4.29. The quantitative estimate of drug-likeness (QED) is 0.763. The minimum atomic E-state index is 0.478. The largest absolute Gasteiger partial charge is 0.241 e. The Bertz CT molecular complexity index is 299. The minimum absolute atomic E-state index is 0.478. The van der Waals surface area contributed by atoms with Crippen LogP contribution in [-0.2, 0) is 6.42 Å². The maximum Gasteiger partial charge on any atom is 0.115 e. The van der Waals surface area contributed by atoms with E-state index in [-0.39, 0.29) is 0 Å². The second kappa shape index (κ2) is 6.21. The van der Waals surface area contributed by atoms with Gasteiger partial charge in [-0.15, -0.1) is 0 Å². The molecule has 1 aromatic heterocycles. The highest BCUT2D eigenvalue weighted by atomic mass is 79.9. The Labute approximate surface area is 101 Å². The predicted molar refractivity (Wildman–Crippen MR) is 67.4 cm³/mol. The summed E-state index contributed by atoms with van der Waals surface area (Å²) in [4.78, 5) is 9.11. The van der Waals surface area contributed by atoms with Gasteiger partial charge in [-0.1, -0.05) is 43.1 Å². The molecule has 0 bridgehead atoms. The lowest BCUT2D eigenvalue weighted by Crippen LogP contribution is -2.05. The molecule has 0 aliphatic heterocycles. The van der Waals surface area contributed by atoms with Crippen molar-refractivity contribution in [3.05, 3.63) is 23.8 Å². The van der Waals surface area contributed by atoms with E-state index in [1.807, 2.05) is 0 Å². The van der Waals surface area contributed by atoms with Crippen LogP contribution < -0.4 is 0 Å². The molecule has 15 heavy (non-hydrogen) atoms. The summed E-state index contributed by atoms with van der Waals surface area (Å²) in [7, 11) is 0. The lowest BCUT2D eigenvalue weighted by atomic mass is 10.1. The van der Waals surface area contributed by atoms with Crippen molar-refractivity contribution in [1.82, 2.24) is 9.97 Å². The summed E-state index contributed by atoms with van der Waals surface area (Å²) >= 11 is 3.68. The number of aromatic nitrogens is 2. The summed E-state index contributed by atoms with van der Waals surface area (Å²) in [5.41, 5.74) is 2.28. The average molecular weight is 271 g/mol. The van der Waals surface area contributed by atoms with Crippen LogP contribution in [0.3, 0.4) is 0 Å². The van der Waals surface area contributed by atoms with Gasteiger partial charge in [0.1, 0.15) is 6.33 Å². The Morgan fingerprint density at radius 1 is 1.33 bits per heavy atom. The molecule has 0 radical (unpaired) electrons. The summed E-state index contributed by atoms with van der Waals surface area (Å²) in [5, 5.41) is 0. The third-order valence-electron chi connectivity index (χ3n) is 2.37. The van der Waals surface area contributed by atoms with Crippen molar-refractivity contribution in [1.29, 1.82) is 0 Å². The van der Waals surface area contributed by atoms with Gasteiger partial charge in [-0.25, -0.2) is 9.97 Å². The van der Waals surface area contributed by atoms with Crippen LogP contribution in [0.4, 0.5) is 0 Å². The molecule has 2 nitrogen and oxygen atoms in total. The van der Waals surface area contributed by atoms with Crippen molar-refractivity contribution in [2.24, 2.45) is 0 Å². The van der Waals surface area contributed by atoms with Crippen LogP contribution in [0.5, 0.6) is 0 Å². The van der Waals surface area contributed by atoms with E-state index in [2.05, 4.69) is 52.7 Å². The Balaban J connectivity index is 2.65. The highest BCUT2D eigenvalue weighted by molar-refractivity contribution is 9.09. The van der Waals surface area contributed by atoms with Gasteiger partial charge in [0.2, 0.25) is 0 Å². The number of hydrogen-bond donors (Lipinski definition) is 0. The first-order chi connectivity index (χ1) is 7.13. The van der Waals surface area contributed by atoms with E-state index in [0.29, 0.717) is 10.7 Å². The number of nitrogens with zero attached hydrogens (tertiary/aromatic N) is 2. The third-order valence-corrected chi connectivity index (χ3v) is 3.15. The van der Waals surface area contributed by atoms with Gasteiger partial charge in [-0.2, -0.15) is 0 Å². The van der Waals surface area contributed by atoms with Crippen molar-refractivity contribution in [3.63, 3.8) is 0 Å². The van der Waals surface area contributed by atoms with Gasteiger partial charge in [-0.05, 0) is 18.4 Å². The fourth-order valence-corrected chi connectivity index (χ4v) is 2.27. The van der Waals surface area contributed by atoms with Gasteiger partial charge in [0.15, 0.2) is 0 Å². The first-order valence-electron chi connectivity index (χ1n) is 5.58.